The van der Waals surface area contributed by atoms with Gasteiger partial charge < -0.3 is 8.91 Å². The minimum Gasteiger partial charge on any atom is -0.306 e. The van der Waals surface area contributed by atoms with Crippen molar-refractivity contribution in [3.63, 3.8) is 0 Å². The normalized spacial score (nSPS) is 9.50. The molecule has 0 saturated heterocycles. The van der Waals surface area contributed by atoms with Crippen LogP contribution < -0.4 is 4.72 Å². The van der Waals surface area contributed by atoms with Crippen LogP contribution in [0.4, 0.5) is 5.69 Å². The summed E-state index contributed by atoms with van der Waals surface area (Å²) in [6, 6.07) is 14.9. The van der Waals surface area contributed by atoms with Gasteiger partial charge in [-0.25, -0.2) is 0 Å². The number of Topliss-reactive ketones (excluding diaryl/α,β-unsaturated/α-hetero) is 1. The van der Waals surface area contributed by atoms with Gasteiger partial charge in [0.15, 0.2) is 5.78 Å². The smallest absolute Gasteiger partial charge is 0.161 e. The summed E-state index contributed by atoms with van der Waals surface area (Å²) in [5.41, 5.74) is 3.81. The third-order valence-electron chi connectivity index (χ3n) is 2.98. The number of rotatable bonds is 5. The van der Waals surface area contributed by atoms with E-state index in [9.17, 15) is 4.79 Å². The van der Waals surface area contributed by atoms with E-state index in [2.05, 4.69) is 10.8 Å². The lowest BCUT2D eigenvalue weighted by atomic mass is 9.99. The van der Waals surface area contributed by atoms with Gasteiger partial charge in [0.25, 0.3) is 0 Å². The van der Waals surface area contributed by atoms with Gasteiger partial charge in [-0.05, 0) is 42.3 Å². The molecule has 114 valence electrons. The lowest BCUT2D eigenvalue weighted by molar-refractivity contribution is 0.101. The third kappa shape index (κ3) is 4.10. The van der Waals surface area contributed by atoms with E-state index in [0.29, 0.717) is 16.8 Å². The van der Waals surface area contributed by atoms with Crippen molar-refractivity contribution in [3.8, 4) is 17.2 Å². The Morgan fingerprint density at radius 1 is 1.18 bits per heavy atom. The molecule has 0 aliphatic carbocycles. The second-order valence-electron chi connectivity index (χ2n) is 4.36. The molecule has 0 unspecified atom stereocenters. The number of carbonyl (C=O) groups is 1. The molecule has 0 bridgehead atoms. The van der Waals surface area contributed by atoms with E-state index >= 15 is 0 Å². The Bertz CT molecular complexity index is 691. The number of hydrogen-bond donors (Lipinski definition) is 1. The van der Waals surface area contributed by atoms with Crippen molar-refractivity contribution in [3.05, 3.63) is 53.6 Å². The van der Waals surface area contributed by atoms with E-state index in [0.717, 1.165) is 23.4 Å². The molecule has 2 rings (SSSR count). The van der Waals surface area contributed by atoms with E-state index in [-0.39, 0.29) is 13.2 Å². The number of nitrogens with one attached hydrogen (secondary N) is 1. The highest BCUT2D eigenvalue weighted by atomic mass is 32.2. The molecule has 5 heteroatoms. The van der Waals surface area contributed by atoms with Crippen LogP contribution in [-0.2, 0) is 4.18 Å². The monoisotopic (exact) mass is 314 g/mol. The molecule has 0 aliphatic heterocycles. The van der Waals surface area contributed by atoms with Gasteiger partial charge in [0.05, 0.1) is 24.4 Å². The third-order valence-corrected chi connectivity index (χ3v) is 3.45. The highest BCUT2D eigenvalue weighted by Gasteiger charge is 2.09. The maximum atomic E-state index is 11.8. The molecule has 0 saturated carbocycles. The molecule has 22 heavy (non-hydrogen) atoms. The lowest BCUT2D eigenvalue weighted by Gasteiger charge is -2.10. The first-order valence-corrected chi connectivity index (χ1v) is 7.01. The standard InChI is InChI=1S/C16H14N2O2S.CH4/c1-11(19)15-9-14(7-8-16(15)18-21-20-2)13-5-3-12(10-17)4-6-13;/h3-9,18H,1-2H3;1H4. The molecule has 0 fully saturated rings. The summed E-state index contributed by atoms with van der Waals surface area (Å²) in [6.45, 7) is 1.53. The van der Waals surface area contributed by atoms with Gasteiger partial charge in [-0.3, -0.25) is 4.79 Å². The maximum absolute atomic E-state index is 11.8. The Hall–Kier alpha value is -2.29. The molecule has 0 aliphatic rings. The van der Waals surface area contributed by atoms with Gasteiger partial charge in [0, 0.05) is 5.56 Å². The van der Waals surface area contributed by atoms with Crippen LogP contribution in [0.2, 0.25) is 0 Å². The molecule has 0 radical (unpaired) electrons. The second-order valence-corrected chi connectivity index (χ2v) is 5.06. The largest absolute Gasteiger partial charge is 0.306 e. The van der Waals surface area contributed by atoms with Crippen molar-refractivity contribution in [2.45, 2.75) is 14.4 Å². The van der Waals surface area contributed by atoms with Crippen molar-refractivity contribution in [1.29, 1.82) is 5.26 Å². The summed E-state index contributed by atoms with van der Waals surface area (Å²) < 4.78 is 7.86. The van der Waals surface area contributed by atoms with E-state index < -0.39 is 0 Å². The molecular weight excluding hydrogens is 296 g/mol. The highest BCUT2D eigenvalue weighted by Crippen LogP contribution is 2.27. The predicted molar refractivity (Wildman–Crippen MR) is 91.6 cm³/mol. The molecule has 0 spiro atoms. The summed E-state index contributed by atoms with van der Waals surface area (Å²) in [5, 5.41) is 8.82. The predicted octanol–water partition coefficient (Wildman–Crippen LogP) is 4.69. The lowest BCUT2D eigenvalue weighted by Crippen LogP contribution is -1.99. The van der Waals surface area contributed by atoms with E-state index in [1.807, 2.05) is 30.3 Å². The topological polar surface area (TPSA) is 62.1 Å². The van der Waals surface area contributed by atoms with Crippen molar-refractivity contribution >= 4 is 23.7 Å². The Labute approximate surface area is 135 Å². The zero-order valence-electron chi connectivity index (χ0n) is 11.7. The highest BCUT2D eigenvalue weighted by molar-refractivity contribution is 7.96. The first-order chi connectivity index (χ1) is 10.2. The molecule has 0 heterocycles. The minimum atomic E-state index is -0.0234. The number of benzene rings is 2. The van der Waals surface area contributed by atoms with Gasteiger partial charge in [-0.2, -0.15) is 5.26 Å². The van der Waals surface area contributed by atoms with Crippen LogP contribution in [0.1, 0.15) is 30.3 Å². The number of hydrogen-bond acceptors (Lipinski definition) is 5. The Morgan fingerprint density at radius 3 is 2.36 bits per heavy atom. The average molecular weight is 314 g/mol. The van der Waals surface area contributed by atoms with Crippen LogP contribution in [0.15, 0.2) is 42.5 Å². The van der Waals surface area contributed by atoms with Gasteiger partial charge in [-0.1, -0.05) is 25.6 Å². The second kappa shape index (κ2) is 8.23. The Kier molecular flexibility index (Phi) is 6.64. The molecule has 0 atom stereocenters. The average Bonchev–Trinajstić information content (AvgIpc) is 2.52. The van der Waals surface area contributed by atoms with Crippen LogP contribution in [0.25, 0.3) is 11.1 Å². The molecule has 0 aromatic heterocycles. The summed E-state index contributed by atoms with van der Waals surface area (Å²) >= 11 is 1.06. The fraction of sp³-hybridized carbons (Fsp3) is 0.176. The SMILES string of the molecule is C.COSNc1ccc(-c2ccc(C#N)cc2)cc1C(C)=O. The Morgan fingerprint density at radius 2 is 1.82 bits per heavy atom. The van der Waals surface area contributed by atoms with Crippen LogP contribution in [0.5, 0.6) is 0 Å². The number of nitrogens with zero attached hydrogens (tertiary/aromatic N) is 1. The van der Waals surface area contributed by atoms with Crippen molar-refractivity contribution < 1.29 is 8.98 Å². The number of ketones is 1. The van der Waals surface area contributed by atoms with Crippen LogP contribution in [-0.4, -0.2) is 12.9 Å². The first kappa shape index (κ1) is 17.8. The number of carbonyl (C=O) groups excluding carboxylic acids is 1. The maximum Gasteiger partial charge on any atom is 0.161 e. The van der Waals surface area contributed by atoms with E-state index in [1.165, 1.54) is 6.92 Å². The van der Waals surface area contributed by atoms with E-state index in [1.54, 1.807) is 19.2 Å². The molecule has 0 amide bonds. The Balaban J connectivity index is 0.00000242. The summed E-state index contributed by atoms with van der Waals surface area (Å²) in [5.74, 6) is -0.0234. The zero-order valence-corrected chi connectivity index (χ0v) is 12.5. The van der Waals surface area contributed by atoms with Crippen LogP contribution in [0, 0.1) is 11.3 Å². The first-order valence-electron chi connectivity index (χ1n) is 6.27. The molecule has 2 aromatic carbocycles. The number of nitriles is 1. The van der Waals surface area contributed by atoms with Gasteiger partial charge in [0.1, 0.15) is 12.2 Å². The summed E-state index contributed by atoms with van der Waals surface area (Å²) in [6.07, 6.45) is 0. The quantitative estimate of drug-likeness (QED) is 0.493. The summed E-state index contributed by atoms with van der Waals surface area (Å²) in [4.78, 5) is 11.8. The van der Waals surface area contributed by atoms with Gasteiger partial charge in [-0.15, -0.1) is 0 Å². The molecule has 2 aromatic rings. The molecule has 1 N–H and O–H groups in total. The van der Waals surface area contributed by atoms with Crippen molar-refractivity contribution in [2.75, 3.05) is 11.8 Å². The van der Waals surface area contributed by atoms with Gasteiger partial charge in [0.2, 0.25) is 0 Å². The van der Waals surface area contributed by atoms with Crippen LogP contribution in [0.3, 0.4) is 0 Å². The molecular formula is C17H18N2O2S. The minimum absolute atomic E-state index is 0. The number of anilines is 1. The fourth-order valence-corrected chi connectivity index (χ4v) is 2.28. The van der Waals surface area contributed by atoms with Gasteiger partial charge >= 0.3 is 0 Å². The van der Waals surface area contributed by atoms with E-state index in [4.69, 9.17) is 9.44 Å². The molecule has 4 nitrogen and oxygen atoms in total. The fourth-order valence-electron chi connectivity index (χ4n) is 1.93. The van der Waals surface area contributed by atoms with Crippen LogP contribution >= 0.6 is 12.2 Å². The zero-order chi connectivity index (χ0) is 15.2. The van der Waals surface area contributed by atoms with Crippen molar-refractivity contribution in [2.24, 2.45) is 0 Å². The van der Waals surface area contributed by atoms with Crippen molar-refractivity contribution in [1.82, 2.24) is 0 Å². The summed E-state index contributed by atoms with van der Waals surface area (Å²) in [7, 11) is 1.55.